The highest BCUT2D eigenvalue weighted by Gasteiger charge is 2.10. The molecule has 2 rings (SSSR count). The fourth-order valence-corrected chi connectivity index (χ4v) is 1.62. The van der Waals surface area contributed by atoms with Gasteiger partial charge in [0.25, 0.3) is 0 Å². The molecule has 2 aromatic rings. The summed E-state index contributed by atoms with van der Waals surface area (Å²) in [5, 5.41) is 0. The number of ether oxygens (including phenoxy) is 3. The van der Waals surface area contributed by atoms with Gasteiger partial charge in [-0.25, -0.2) is 4.79 Å². The number of hydrogen-bond acceptors (Lipinski definition) is 4. The Hall–Kier alpha value is -2.49. The largest absolute Gasteiger partial charge is 0.490 e. The van der Waals surface area contributed by atoms with E-state index in [1.54, 1.807) is 30.3 Å². The molecule has 0 amide bonds. The van der Waals surface area contributed by atoms with Gasteiger partial charge in [0, 0.05) is 0 Å². The summed E-state index contributed by atoms with van der Waals surface area (Å²) in [6, 6.07) is 16.2. The Balaban J connectivity index is 1.91. The molecule has 4 heteroatoms. The molecular weight excluding hydrogens is 256 g/mol. The van der Waals surface area contributed by atoms with Crippen LogP contribution in [0.1, 0.15) is 6.92 Å². The molecule has 0 bridgehead atoms. The van der Waals surface area contributed by atoms with Crippen molar-refractivity contribution in [2.45, 2.75) is 6.92 Å². The zero-order chi connectivity index (χ0) is 14.2. The summed E-state index contributed by atoms with van der Waals surface area (Å²) >= 11 is 0. The van der Waals surface area contributed by atoms with E-state index in [1.807, 2.05) is 31.2 Å². The number of carbonyl (C=O) groups is 1. The van der Waals surface area contributed by atoms with Gasteiger partial charge in [-0.2, -0.15) is 0 Å². The summed E-state index contributed by atoms with van der Waals surface area (Å²) in [7, 11) is 0. The number of para-hydroxylation sites is 3. The molecule has 4 nitrogen and oxygen atoms in total. The quantitative estimate of drug-likeness (QED) is 0.599. The molecule has 0 heterocycles. The Kier molecular flexibility index (Phi) is 5.00. The van der Waals surface area contributed by atoms with E-state index in [4.69, 9.17) is 14.2 Å². The lowest BCUT2D eigenvalue weighted by atomic mass is 10.3. The minimum Gasteiger partial charge on any atom is -0.490 e. The molecule has 0 aromatic heterocycles. The molecule has 0 atom stereocenters. The lowest BCUT2D eigenvalue weighted by Crippen LogP contribution is -2.18. The number of carbonyl (C=O) groups excluding carboxylic acids is 1. The monoisotopic (exact) mass is 272 g/mol. The van der Waals surface area contributed by atoms with Crippen molar-refractivity contribution in [1.29, 1.82) is 0 Å². The maximum absolute atomic E-state index is 11.7. The molecule has 0 radical (unpaired) electrons. The zero-order valence-electron chi connectivity index (χ0n) is 11.2. The molecule has 0 aliphatic carbocycles. The van der Waals surface area contributed by atoms with Crippen LogP contribution in [0.15, 0.2) is 54.6 Å². The number of hydrogen-bond donors (Lipinski definition) is 0. The van der Waals surface area contributed by atoms with Crippen molar-refractivity contribution < 1.29 is 19.0 Å². The van der Waals surface area contributed by atoms with Crippen LogP contribution in [0, 0.1) is 0 Å². The molecule has 0 unspecified atom stereocenters. The van der Waals surface area contributed by atoms with Crippen LogP contribution in [0.25, 0.3) is 0 Å². The Bertz CT molecular complexity index is 551. The van der Waals surface area contributed by atoms with Gasteiger partial charge in [0.15, 0.2) is 18.1 Å². The third kappa shape index (κ3) is 4.02. The molecule has 0 saturated heterocycles. The van der Waals surface area contributed by atoms with Crippen LogP contribution in [-0.2, 0) is 4.79 Å². The van der Waals surface area contributed by atoms with Crippen LogP contribution in [-0.4, -0.2) is 19.2 Å². The van der Waals surface area contributed by atoms with Gasteiger partial charge in [-0.1, -0.05) is 30.3 Å². The highest BCUT2D eigenvalue weighted by molar-refractivity contribution is 5.74. The average molecular weight is 272 g/mol. The van der Waals surface area contributed by atoms with E-state index in [0.29, 0.717) is 23.9 Å². The highest BCUT2D eigenvalue weighted by Crippen LogP contribution is 2.26. The molecule has 0 fully saturated rings. The van der Waals surface area contributed by atoms with Crippen LogP contribution in [0.4, 0.5) is 0 Å². The smallest absolute Gasteiger partial charge is 0.349 e. The van der Waals surface area contributed by atoms with E-state index in [9.17, 15) is 4.79 Å². The topological polar surface area (TPSA) is 44.8 Å². The van der Waals surface area contributed by atoms with E-state index in [0.717, 1.165) is 0 Å². The standard InChI is InChI=1S/C16H16O4/c1-2-18-14-10-6-7-11-15(14)20-16(17)12-19-13-8-4-3-5-9-13/h3-11H,2,12H2,1H3. The Labute approximate surface area is 117 Å². The fourth-order valence-electron chi connectivity index (χ4n) is 1.62. The summed E-state index contributed by atoms with van der Waals surface area (Å²) in [6.07, 6.45) is 0. The van der Waals surface area contributed by atoms with E-state index >= 15 is 0 Å². The van der Waals surface area contributed by atoms with Crippen molar-refractivity contribution in [1.82, 2.24) is 0 Å². The van der Waals surface area contributed by atoms with Crippen LogP contribution in [0.5, 0.6) is 17.2 Å². The highest BCUT2D eigenvalue weighted by atomic mass is 16.6. The lowest BCUT2D eigenvalue weighted by Gasteiger charge is -2.10. The normalized spacial score (nSPS) is 9.85. The average Bonchev–Trinajstić information content (AvgIpc) is 2.49. The minimum absolute atomic E-state index is 0.148. The first-order valence-electron chi connectivity index (χ1n) is 6.40. The SMILES string of the molecule is CCOc1ccccc1OC(=O)COc1ccccc1. The second-order valence-electron chi connectivity index (χ2n) is 3.96. The molecule has 0 spiro atoms. The predicted octanol–water partition coefficient (Wildman–Crippen LogP) is 3.07. The molecule has 0 aliphatic rings. The maximum atomic E-state index is 11.7. The van der Waals surface area contributed by atoms with E-state index in [-0.39, 0.29) is 6.61 Å². The number of rotatable bonds is 6. The van der Waals surface area contributed by atoms with Crippen LogP contribution < -0.4 is 14.2 Å². The second-order valence-corrected chi connectivity index (χ2v) is 3.96. The summed E-state index contributed by atoms with van der Waals surface area (Å²) in [5.74, 6) is 1.10. The second kappa shape index (κ2) is 7.19. The maximum Gasteiger partial charge on any atom is 0.349 e. The van der Waals surface area contributed by atoms with Gasteiger partial charge in [-0.15, -0.1) is 0 Å². The first kappa shape index (κ1) is 13.9. The summed E-state index contributed by atoms with van der Waals surface area (Å²) in [6.45, 7) is 2.23. The summed E-state index contributed by atoms with van der Waals surface area (Å²) in [5.41, 5.74) is 0. The van der Waals surface area contributed by atoms with Crippen LogP contribution in [0.2, 0.25) is 0 Å². The fraction of sp³-hybridized carbons (Fsp3) is 0.188. The van der Waals surface area contributed by atoms with Crippen molar-refractivity contribution in [3.63, 3.8) is 0 Å². The van der Waals surface area contributed by atoms with Crippen molar-refractivity contribution in [3.05, 3.63) is 54.6 Å². The zero-order valence-corrected chi connectivity index (χ0v) is 11.2. The number of benzene rings is 2. The van der Waals surface area contributed by atoms with Crippen molar-refractivity contribution >= 4 is 5.97 Å². The summed E-state index contributed by atoms with van der Waals surface area (Å²) in [4.78, 5) is 11.7. The molecule has 0 saturated carbocycles. The minimum atomic E-state index is -0.471. The van der Waals surface area contributed by atoms with Gasteiger partial charge in [-0.05, 0) is 31.2 Å². The van der Waals surface area contributed by atoms with Gasteiger partial charge >= 0.3 is 5.97 Å². The molecular formula is C16H16O4. The third-order valence-electron chi connectivity index (χ3n) is 2.47. The van der Waals surface area contributed by atoms with Crippen LogP contribution >= 0.6 is 0 Å². The first-order chi connectivity index (χ1) is 9.79. The molecule has 2 aromatic carbocycles. The van der Waals surface area contributed by atoms with Gasteiger partial charge in [0.2, 0.25) is 0 Å². The van der Waals surface area contributed by atoms with Gasteiger partial charge in [0.1, 0.15) is 5.75 Å². The molecule has 20 heavy (non-hydrogen) atoms. The van der Waals surface area contributed by atoms with Crippen molar-refractivity contribution in [3.8, 4) is 17.2 Å². The van der Waals surface area contributed by atoms with E-state index in [2.05, 4.69) is 0 Å². The van der Waals surface area contributed by atoms with Crippen molar-refractivity contribution in [2.24, 2.45) is 0 Å². The third-order valence-corrected chi connectivity index (χ3v) is 2.47. The van der Waals surface area contributed by atoms with E-state index in [1.165, 1.54) is 0 Å². The molecule has 0 aliphatic heterocycles. The molecule has 0 N–H and O–H groups in total. The Morgan fingerprint density at radius 3 is 2.25 bits per heavy atom. The lowest BCUT2D eigenvalue weighted by molar-refractivity contribution is -0.136. The Morgan fingerprint density at radius 2 is 1.55 bits per heavy atom. The first-order valence-corrected chi connectivity index (χ1v) is 6.40. The van der Waals surface area contributed by atoms with Gasteiger partial charge in [-0.3, -0.25) is 0 Å². The molecule has 104 valence electrons. The van der Waals surface area contributed by atoms with E-state index < -0.39 is 5.97 Å². The number of esters is 1. The van der Waals surface area contributed by atoms with Crippen LogP contribution in [0.3, 0.4) is 0 Å². The Morgan fingerprint density at radius 1 is 0.900 bits per heavy atom. The van der Waals surface area contributed by atoms with Crippen molar-refractivity contribution in [2.75, 3.05) is 13.2 Å². The summed E-state index contributed by atoms with van der Waals surface area (Å²) < 4.78 is 15.9. The van der Waals surface area contributed by atoms with Gasteiger partial charge < -0.3 is 14.2 Å². The predicted molar refractivity (Wildman–Crippen MR) is 75.2 cm³/mol. The van der Waals surface area contributed by atoms with Gasteiger partial charge in [0.05, 0.1) is 6.61 Å².